The molecule has 1 aromatic heterocycles. The minimum atomic E-state index is 0.651. The summed E-state index contributed by atoms with van der Waals surface area (Å²) in [6.07, 6.45) is 7.82. The monoisotopic (exact) mass is 316 g/mol. The molecule has 0 N–H and O–H groups in total. The molecule has 116 valence electrons. The van der Waals surface area contributed by atoms with Crippen molar-refractivity contribution in [1.29, 1.82) is 0 Å². The van der Waals surface area contributed by atoms with Crippen LogP contribution in [0.2, 0.25) is 5.02 Å². The van der Waals surface area contributed by atoms with Crippen molar-refractivity contribution in [3.63, 3.8) is 0 Å². The van der Waals surface area contributed by atoms with Crippen LogP contribution in [0.15, 0.2) is 24.8 Å². The van der Waals surface area contributed by atoms with Crippen LogP contribution in [0.1, 0.15) is 49.9 Å². The minimum Gasteiger partial charge on any atom is -0.196 e. The zero-order valence-electron chi connectivity index (χ0n) is 12.9. The lowest BCUT2D eigenvalue weighted by Crippen LogP contribution is -2.07. The van der Waals surface area contributed by atoms with Crippen molar-refractivity contribution in [2.24, 2.45) is 5.92 Å². The maximum absolute atomic E-state index is 6.42. The van der Waals surface area contributed by atoms with Crippen LogP contribution in [-0.4, -0.2) is 20.2 Å². The van der Waals surface area contributed by atoms with E-state index < -0.39 is 0 Å². The third kappa shape index (κ3) is 3.22. The van der Waals surface area contributed by atoms with Gasteiger partial charge in [0.25, 0.3) is 0 Å². The fraction of sp³-hybridized carbons (Fsp3) is 0.471. The third-order valence-corrected chi connectivity index (χ3v) is 4.77. The van der Waals surface area contributed by atoms with Gasteiger partial charge in [0.1, 0.15) is 0 Å². The van der Waals surface area contributed by atoms with Gasteiger partial charge in [-0.05, 0) is 53.0 Å². The first-order chi connectivity index (χ1) is 10.6. The normalized spacial score (nSPS) is 15.9. The summed E-state index contributed by atoms with van der Waals surface area (Å²) >= 11 is 6.42. The first kappa shape index (κ1) is 15.2. The van der Waals surface area contributed by atoms with Gasteiger partial charge >= 0.3 is 0 Å². The number of aryl methyl sites for hydroxylation is 1. The predicted molar refractivity (Wildman–Crippen MR) is 89.1 cm³/mol. The van der Waals surface area contributed by atoms with Crippen LogP contribution in [0.5, 0.6) is 0 Å². The smallest absolute Gasteiger partial charge is 0.153 e. The zero-order chi connectivity index (χ0) is 15.5. The second-order valence-corrected chi connectivity index (χ2v) is 6.52. The van der Waals surface area contributed by atoms with Gasteiger partial charge in [-0.1, -0.05) is 56.4 Å². The fourth-order valence-electron chi connectivity index (χ4n) is 3.21. The van der Waals surface area contributed by atoms with Crippen LogP contribution in [0.4, 0.5) is 0 Å². The highest BCUT2D eigenvalue weighted by Gasteiger charge is 2.16. The lowest BCUT2D eigenvalue weighted by atomic mass is 9.83. The molecule has 0 atom stereocenters. The van der Waals surface area contributed by atoms with Crippen molar-refractivity contribution in [3.8, 4) is 5.69 Å². The zero-order valence-corrected chi connectivity index (χ0v) is 13.7. The maximum Gasteiger partial charge on any atom is 0.153 e. The molecule has 1 aliphatic rings. The van der Waals surface area contributed by atoms with Gasteiger partial charge in [0, 0.05) is 0 Å². The van der Waals surface area contributed by atoms with Crippen LogP contribution in [0.3, 0.4) is 0 Å². The molecule has 0 amide bonds. The molecule has 1 heterocycles. The number of hydrogen-bond acceptors (Lipinski definition) is 3. The molecule has 0 unspecified atom stereocenters. The fourth-order valence-corrected chi connectivity index (χ4v) is 3.47. The van der Waals surface area contributed by atoms with Crippen molar-refractivity contribution >= 4 is 17.2 Å². The van der Waals surface area contributed by atoms with E-state index in [0.29, 0.717) is 5.02 Å². The first-order valence-electron chi connectivity index (χ1n) is 7.88. The number of halogens is 1. The topological polar surface area (TPSA) is 43.6 Å². The number of tetrazole rings is 1. The average Bonchev–Trinajstić information content (AvgIpc) is 2.94. The van der Waals surface area contributed by atoms with E-state index in [-0.39, 0.29) is 0 Å². The maximum atomic E-state index is 6.42. The molecule has 3 rings (SSSR count). The van der Waals surface area contributed by atoms with Crippen LogP contribution < -0.4 is 0 Å². The summed E-state index contributed by atoms with van der Waals surface area (Å²) in [5.74, 6) is 1.50. The minimum absolute atomic E-state index is 0.651. The number of nitrogens with zero attached hydrogens (tertiary/aromatic N) is 4. The molecule has 0 radical (unpaired) electrons. The van der Waals surface area contributed by atoms with Crippen molar-refractivity contribution in [2.45, 2.75) is 45.4 Å². The van der Waals surface area contributed by atoms with Gasteiger partial charge in [-0.3, -0.25) is 0 Å². The third-order valence-electron chi connectivity index (χ3n) is 4.47. The Morgan fingerprint density at radius 2 is 2.09 bits per heavy atom. The molecule has 2 aromatic rings. The van der Waals surface area contributed by atoms with E-state index in [4.69, 9.17) is 11.6 Å². The highest BCUT2D eigenvalue weighted by atomic mass is 35.5. The van der Waals surface area contributed by atoms with E-state index in [1.165, 1.54) is 37.7 Å². The molecule has 1 fully saturated rings. The summed E-state index contributed by atoms with van der Waals surface area (Å²) in [7, 11) is 0. The van der Waals surface area contributed by atoms with Gasteiger partial charge in [0.2, 0.25) is 0 Å². The molecule has 22 heavy (non-hydrogen) atoms. The standard InChI is InChI=1S/C17H21ClN4/c1-12(10-14-6-4-3-5-7-14)15-8-9-17(16(18)11-15)22-13(2)19-20-21-22/h8-9,11,14H,1,3-7,10H2,2H3. The summed E-state index contributed by atoms with van der Waals surface area (Å²) in [5.41, 5.74) is 3.09. The van der Waals surface area contributed by atoms with E-state index in [1.807, 2.05) is 19.1 Å². The SMILES string of the molecule is C=C(CC1CCCCC1)c1ccc(-n2nnnc2C)c(Cl)c1. The van der Waals surface area contributed by atoms with Gasteiger partial charge < -0.3 is 0 Å². The van der Waals surface area contributed by atoms with Crippen molar-refractivity contribution in [3.05, 3.63) is 41.2 Å². The summed E-state index contributed by atoms with van der Waals surface area (Å²) in [4.78, 5) is 0. The number of benzene rings is 1. The Labute approximate surface area is 136 Å². The molecule has 0 saturated heterocycles. The quantitative estimate of drug-likeness (QED) is 0.827. The summed E-state index contributed by atoms with van der Waals surface area (Å²) < 4.78 is 1.65. The molecule has 1 aliphatic carbocycles. The molecule has 4 nitrogen and oxygen atoms in total. The molecule has 0 bridgehead atoms. The first-order valence-corrected chi connectivity index (χ1v) is 8.26. The highest BCUT2D eigenvalue weighted by Crippen LogP contribution is 2.33. The Morgan fingerprint density at radius 1 is 1.32 bits per heavy atom. The van der Waals surface area contributed by atoms with Gasteiger partial charge in [0.15, 0.2) is 5.82 Å². The van der Waals surface area contributed by atoms with E-state index in [1.54, 1.807) is 4.68 Å². The van der Waals surface area contributed by atoms with E-state index in [0.717, 1.165) is 29.4 Å². The van der Waals surface area contributed by atoms with Crippen LogP contribution in [0, 0.1) is 12.8 Å². The van der Waals surface area contributed by atoms with E-state index >= 15 is 0 Å². The Balaban J connectivity index is 1.76. The van der Waals surface area contributed by atoms with Gasteiger partial charge in [-0.15, -0.1) is 5.10 Å². The Bertz CT molecular complexity index is 671. The molecule has 1 aromatic carbocycles. The Kier molecular flexibility index (Phi) is 4.57. The Morgan fingerprint density at radius 3 is 2.73 bits per heavy atom. The summed E-state index contributed by atoms with van der Waals surface area (Å²) in [5, 5.41) is 12.2. The van der Waals surface area contributed by atoms with E-state index in [9.17, 15) is 0 Å². The van der Waals surface area contributed by atoms with Crippen LogP contribution in [-0.2, 0) is 0 Å². The van der Waals surface area contributed by atoms with Crippen LogP contribution >= 0.6 is 11.6 Å². The van der Waals surface area contributed by atoms with Crippen LogP contribution in [0.25, 0.3) is 11.3 Å². The van der Waals surface area contributed by atoms with E-state index in [2.05, 4.69) is 28.2 Å². The van der Waals surface area contributed by atoms with Gasteiger partial charge in [0.05, 0.1) is 10.7 Å². The largest absolute Gasteiger partial charge is 0.196 e. The number of allylic oxidation sites excluding steroid dienone is 1. The molecule has 5 heteroatoms. The average molecular weight is 317 g/mol. The van der Waals surface area contributed by atoms with Gasteiger partial charge in [-0.25, -0.2) is 0 Å². The molecule has 0 spiro atoms. The molecular formula is C17H21ClN4. The molecular weight excluding hydrogens is 296 g/mol. The van der Waals surface area contributed by atoms with Gasteiger partial charge in [-0.2, -0.15) is 4.68 Å². The second kappa shape index (κ2) is 6.61. The highest BCUT2D eigenvalue weighted by molar-refractivity contribution is 6.32. The summed E-state index contributed by atoms with van der Waals surface area (Å²) in [6.45, 7) is 6.12. The second-order valence-electron chi connectivity index (χ2n) is 6.12. The van der Waals surface area contributed by atoms with Crippen molar-refractivity contribution in [2.75, 3.05) is 0 Å². The Hall–Kier alpha value is -1.68. The lowest BCUT2D eigenvalue weighted by molar-refractivity contribution is 0.365. The van der Waals surface area contributed by atoms with Crippen molar-refractivity contribution in [1.82, 2.24) is 20.2 Å². The molecule has 0 aliphatic heterocycles. The number of rotatable bonds is 4. The number of aromatic nitrogens is 4. The predicted octanol–water partition coefficient (Wildman–Crippen LogP) is 4.61. The summed E-state index contributed by atoms with van der Waals surface area (Å²) in [6, 6.07) is 6.00. The number of hydrogen-bond donors (Lipinski definition) is 0. The van der Waals surface area contributed by atoms with Crippen molar-refractivity contribution < 1.29 is 0 Å². The lowest BCUT2D eigenvalue weighted by Gasteiger charge is -2.22. The molecule has 1 saturated carbocycles.